The summed E-state index contributed by atoms with van der Waals surface area (Å²) in [5, 5.41) is 6.17. The number of aryl methyl sites for hydroxylation is 3. The number of thiophene rings is 1. The van der Waals surface area contributed by atoms with Gasteiger partial charge in [0.1, 0.15) is 0 Å². The Morgan fingerprint density at radius 1 is 1.36 bits per heavy atom. The zero-order valence-electron chi connectivity index (χ0n) is 13.8. The third-order valence-electron chi connectivity index (χ3n) is 3.65. The van der Waals surface area contributed by atoms with Crippen LogP contribution in [-0.4, -0.2) is 36.4 Å². The van der Waals surface area contributed by atoms with E-state index in [-0.39, 0.29) is 11.9 Å². The maximum atomic E-state index is 12.2. The van der Waals surface area contributed by atoms with Gasteiger partial charge in [0.15, 0.2) is 0 Å². The molecule has 22 heavy (non-hydrogen) atoms. The Kier molecular flexibility index (Phi) is 5.72. The summed E-state index contributed by atoms with van der Waals surface area (Å²) in [6.45, 7) is 6.73. The number of hydrogen-bond donors (Lipinski definition) is 1. The maximum Gasteiger partial charge on any atom is 0.226 e. The first-order valence-electron chi connectivity index (χ1n) is 7.28. The third-order valence-corrected chi connectivity index (χ3v) is 5.70. The molecule has 1 N–H and O–H groups in total. The average molecular weight is 338 g/mol. The minimum absolute atomic E-state index is 0.0365. The van der Waals surface area contributed by atoms with E-state index >= 15 is 0 Å². The lowest BCUT2D eigenvalue weighted by molar-refractivity contribution is -0.120. The molecule has 2 aromatic rings. The van der Waals surface area contributed by atoms with Gasteiger partial charge in [0, 0.05) is 16.3 Å². The van der Waals surface area contributed by atoms with Crippen LogP contribution in [0.15, 0.2) is 11.4 Å². The Morgan fingerprint density at radius 2 is 2.09 bits per heavy atom. The molecule has 2 heterocycles. The van der Waals surface area contributed by atoms with Gasteiger partial charge in [-0.05, 0) is 51.9 Å². The standard InChI is InChI=1S/C16H23N3OS2/c1-10-6-7-21-16(10)14(19(4)5)9-17-15(20)8-13-11(2)22-12(3)18-13/h6-7,14H,8-9H2,1-5H3,(H,17,20)/t14-/m1/s1. The largest absolute Gasteiger partial charge is 0.354 e. The molecule has 0 fully saturated rings. The summed E-state index contributed by atoms with van der Waals surface area (Å²) in [5.41, 5.74) is 2.18. The Bertz CT molecular complexity index is 646. The fraction of sp³-hybridized carbons (Fsp3) is 0.500. The number of thiazole rings is 1. The fourth-order valence-electron chi connectivity index (χ4n) is 2.40. The van der Waals surface area contributed by atoms with Gasteiger partial charge in [-0.1, -0.05) is 0 Å². The first-order valence-corrected chi connectivity index (χ1v) is 8.98. The summed E-state index contributed by atoms with van der Waals surface area (Å²) in [6.07, 6.45) is 0.361. The lowest BCUT2D eigenvalue weighted by Crippen LogP contribution is -2.35. The molecule has 2 aromatic heterocycles. The second-order valence-electron chi connectivity index (χ2n) is 5.66. The van der Waals surface area contributed by atoms with Gasteiger partial charge in [-0.25, -0.2) is 4.98 Å². The van der Waals surface area contributed by atoms with Crippen molar-refractivity contribution in [1.82, 2.24) is 15.2 Å². The van der Waals surface area contributed by atoms with Crippen LogP contribution < -0.4 is 5.32 Å². The van der Waals surface area contributed by atoms with Crippen LogP contribution >= 0.6 is 22.7 Å². The SMILES string of the molecule is Cc1nc(CC(=O)NC[C@H](c2sccc2C)N(C)C)c(C)s1. The Balaban J connectivity index is 1.96. The third kappa shape index (κ3) is 4.15. The minimum Gasteiger partial charge on any atom is -0.354 e. The van der Waals surface area contributed by atoms with Crippen molar-refractivity contribution < 1.29 is 4.79 Å². The van der Waals surface area contributed by atoms with E-state index in [2.05, 4.69) is 33.6 Å². The van der Waals surface area contributed by atoms with Crippen molar-refractivity contribution in [2.24, 2.45) is 0 Å². The topological polar surface area (TPSA) is 45.2 Å². The van der Waals surface area contributed by atoms with Gasteiger partial charge >= 0.3 is 0 Å². The van der Waals surface area contributed by atoms with Crippen molar-refractivity contribution in [2.75, 3.05) is 20.6 Å². The molecule has 4 nitrogen and oxygen atoms in total. The summed E-state index contributed by atoms with van der Waals surface area (Å²) in [4.78, 5) is 21.2. The number of carbonyl (C=O) groups excluding carboxylic acids is 1. The summed E-state index contributed by atoms with van der Waals surface area (Å²) in [7, 11) is 4.09. The van der Waals surface area contributed by atoms with Gasteiger partial charge in [-0.3, -0.25) is 4.79 Å². The van der Waals surface area contributed by atoms with E-state index in [1.807, 2.05) is 27.9 Å². The smallest absolute Gasteiger partial charge is 0.226 e. The van der Waals surface area contributed by atoms with Crippen molar-refractivity contribution in [3.05, 3.63) is 37.5 Å². The van der Waals surface area contributed by atoms with Crippen molar-refractivity contribution in [3.8, 4) is 0 Å². The molecule has 0 spiro atoms. The predicted octanol–water partition coefficient (Wildman–Crippen LogP) is 3.09. The Hall–Kier alpha value is -1.24. The molecule has 0 saturated carbocycles. The summed E-state index contributed by atoms with van der Waals surface area (Å²) in [6, 6.07) is 2.34. The summed E-state index contributed by atoms with van der Waals surface area (Å²) in [5.74, 6) is 0.0365. The van der Waals surface area contributed by atoms with Gasteiger partial charge in [0.05, 0.1) is 23.2 Å². The highest BCUT2D eigenvalue weighted by molar-refractivity contribution is 7.11. The van der Waals surface area contributed by atoms with Crippen molar-refractivity contribution in [2.45, 2.75) is 33.2 Å². The molecule has 0 saturated heterocycles. The molecule has 0 aliphatic carbocycles. The molecular weight excluding hydrogens is 314 g/mol. The molecule has 1 amide bonds. The molecule has 0 aliphatic rings. The van der Waals surface area contributed by atoms with Gasteiger partial charge in [-0.2, -0.15) is 0 Å². The lowest BCUT2D eigenvalue weighted by atomic mass is 10.1. The molecule has 2 rings (SSSR count). The van der Waals surface area contributed by atoms with E-state index in [1.54, 1.807) is 22.7 Å². The van der Waals surface area contributed by atoms with Crippen LogP contribution in [0.5, 0.6) is 0 Å². The monoisotopic (exact) mass is 337 g/mol. The van der Waals surface area contributed by atoms with Gasteiger partial charge < -0.3 is 10.2 Å². The molecule has 0 aliphatic heterocycles. The predicted molar refractivity (Wildman–Crippen MR) is 93.8 cm³/mol. The van der Waals surface area contributed by atoms with Crippen LogP contribution in [0.25, 0.3) is 0 Å². The van der Waals surface area contributed by atoms with Gasteiger partial charge in [-0.15, -0.1) is 22.7 Å². The average Bonchev–Trinajstić information content (AvgIpc) is 2.96. The Morgan fingerprint density at radius 3 is 2.59 bits per heavy atom. The molecule has 120 valence electrons. The van der Waals surface area contributed by atoms with Crippen LogP contribution in [0.2, 0.25) is 0 Å². The van der Waals surface area contributed by atoms with Gasteiger partial charge in [0.2, 0.25) is 5.91 Å². The zero-order valence-corrected chi connectivity index (χ0v) is 15.4. The van der Waals surface area contributed by atoms with Crippen LogP contribution in [0, 0.1) is 20.8 Å². The van der Waals surface area contributed by atoms with E-state index in [4.69, 9.17) is 0 Å². The number of amides is 1. The van der Waals surface area contributed by atoms with E-state index in [9.17, 15) is 4.79 Å². The van der Waals surface area contributed by atoms with E-state index < -0.39 is 0 Å². The molecule has 0 unspecified atom stereocenters. The normalized spacial score (nSPS) is 12.6. The Labute approximate surface area is 140 Å². The minimum atomic E-state index is 0.0365. The lowest BCUT2D eigenvalue weighted by Gasteiger charge is -2.24. The molecule has 6 heteroatoms. The molecule has 1 atom stereocenters. The second kappa shape index (κ2) is 7.35. The number of likely N-dealkylation sites (N-methyl/N-ethyl adjacent to an activating group) is 1. The second-order valence-corrected chi connectivity index (χ2v) is 8.02. The molecule has 0 aromatic carbocycles. The van der Waals surface area contributed by atoms with Crippen LogP contribution in [0.1, 0.15) is 32.1 Å². The van der Waals surface area contributed by atoms with Gasteiger partial charge in [0.25, 0.3) is 0 Å². The number of hydrogen-bond acceptors (Lipinski definition) is 5. The first-order chi connectivity index (χ1) is 10.4. The van der Waals surface area contributed by atoms with Crippen LogP contribution in [0.3, 0.4) is 0 Å². The van der Waals surface area contributed by atoms with Crippen LogP contribution in [0.4, 0.5) is 0 Å². The number of aromatic nitrogens is 1. The number of nitrogens with zero attached hydrogens (tertiary/aromatic N) is 2. The highest BCUT2D eigenvalue weighted by atomic mass is 32.1. The van der Waals surface area contributed by atoms with Crippen molar-refractivity contribution in [1.29, 1.82) is 0 Å². The van der Waals surface area contributed by atoms with Crippen LogP contribution in [-0.2, 0) is 11.2 Å². The zero-order chi connectivity index (χ0) is 16.3. The summed E-state index contributed by atoms with van der Waals surface area (Å²) >= 11 is 3.39. The van der Waals surface area contributed by atoms with E-state index in [1.165, 1.54) is 10.4 Å². The molecule has 0 bridgehead atoms. The maximum absolute atomic E-state index is 12.2. The van der Waals surface area contributed by atoms with E-state index in [0.717, 1.165) is 15.6 Å². The summed E-state index contributed by atoms with van der Waals surface area (Å²) < 4.78 is 0. The fourth-order valence-corrected chi connectivity index (χ4v) is 4.36. The highest BCUT2D eigenvalue weighted by Crippen LogP contribution is 2.26. The molecular formula is C16H23N3OS2. The number of carbonyl (C=O) groups is 1. The van der Waals surface area contributed by atoms with Crippen molar-refractivity contribution >= 4 is 28.6 Å². The van der Waals surface area contributed by atoms with Crippen molar-refractivity contribution in [3.63, 3.8) is 0 Å². The quantitative estimate of drug-likeness (QED) is 0.881. The molecule has 0 radical (unpaired) electrons. The number of rotatable bonds is 6. The highest BCUT2D eigenvalue weighted by Gasteiger charge is 2.19. The first kappa shape index (κ1) is 17.1. The van der Waals surface area contributed by atoms with E-state index in [0.29, 0.717) is 13.0 Å². The number of nitrogens with one attached hydrogen (secondary N) is 1.